The molecule has 5 fully saturated rings. The predicted octanol–water partition coefficient (Wildman–Crippen LogP) is 1.95. The number of carbonyl (C=O) groups excluding carboxylic acids is 2. The van der Waals surface area contributed by atoms with E-state index in [-0.39, 0.29) is 12.3 Å². The second kappa shape index (κ2) is 52.0. The average Bonchev–Trinajstić information content (AvgIpc) is 0.772. The van der Waals surface area contributed by atoms with E-state index in [4.69, 9.17) is 47.4 Å². The van der Waals surface area contributed by atoms with Gasteiger partial charge in [-0.1, -0.05) is 219 Å². The number of hydrogen-bond donors (Lipinski definition) is 18. The summed E-state index contributed by atoms with van der Waals surface area (Å²) in [6.45, 7) is 0.365. The molecule has 104 heavy (non-hydrogen) atoms. The molecule has 0 aliphatic carbocycles. The smallest absolute Gasteiger partial charge is 0.220 e. The normalized spacial score (nSPS) is 34.7. The van der Waals surface area contributed by atoms with E-state index in [0.717, 1.165) is 58.3 Å². The maximum absolute atomic E-state index is 13.5. The minimum Gasteiger partial charge on any atom is -0.394 e. The van der Waals surface area contributed by atoms with Crippen molar-refractivity contribution in [2.24, 2.45) is 0 Å². The van der Waals surface area contributed by atoms with Crippen molar-refractivity contribution in [3.05, 3.63) is 12.2 Å². The van der Waals surface area contributed by atoms with Crippen LogP contribution in [0.1, 0.15) is 239 Å². The largest absolute Gasteiger partial charge is 0.394 e. The summed E-state index contributed by atoms with van der Waals surface area (Å²) in [6, 6.07) is -2.77. The summed E-state index contributed by atoms with van der Waals surface area (Å²) in [5.74, 6) is -1.13. The molecule has 27 atom stereocenters. The molecule has 0 radical (unpaired) electrons. The van der Waals surface area contributed by atoms with Crippen molar-refractivity contribution in [2.45, 2.75) is 405 Å². The molecule has 0 aromatic rings. The lowest BCUT2D eigenvalue weighted by atomic mass is 9.94. The number of ether oxygens (including phenoxy) is 10. The van der Waals surface area contributed by atoms with E-state index in [1.807, 2.05) is 6.08 Å². The van der Waals surface area contributed by atoms with E-state index in [1.54, 1.807) is 6.08 Å². The quantitative estimate of drug-likeness (QED) is 0.0306. The third-order valence-corrected chi connectivity index (χ3v) is 20.7. The van der Waals surface area contributed by atoms with Crippen LogP contribution in [0, 0.1) is 0 Å². The summed E-state index contributed by atoms with van der Waals surface area (Å²) in [4.78, 5) is 26.1. The fraction of sp³-hybridized carbons (Fsp3) is 0.946. The molecule has 5 heterocycles. The van der Waals surface area contributed by atoms with Gasteiger partial charge >= 0.3 is 0 Å². The predicted molar refractivity (Wildman–Crippen MR) is 377 cm³/mol. The molecule has 30 heteroatoms. The number of allylic oxidation sites excluding steroid dienone is 1. The lowest BCUT2D eigenvalue weighted by Crippen LogP contribution is -2.70. The Balaban J connectivity index is 1.16. The first-order valence-corrected chi connectivity index (χ1v) is 39.5. The first-order chi connectivity index (χ1) is 50.2. The minimum atomic E-state index is -2.21. The van der Waals surface area contributed by atoms with Gasteiger partial charge < -0.3 is 140 Å². The Morgan fingerprint density at radius 3 is 1.12 bits per heavy atom. The fourth-order valence-corrected chi connectivity index (χ4v) is 14.3. The molecule has 5 aliphatic rings. The fourth-order valence-electron chi connectivity index (χ4n) is 14.3. The van der Waals surface area contributed by atoms with Crippen molar-refractivity contribution in [3.8, 4) is 0 Å². The lowest BCUT2D eigenvalue weighted by molar-refractivity contribution is -0.390. The number of aliphatic hydroxyl groups is 16. The van der Waals surface area contributed by atoms with E-state index in [0.29, 0.717) is 12.8 Å². The molecule has 610 valence electrons. The highest BCUT2D eigenvalue weighted by atomic mass is 16.8. The van der Waals surface area contributed by atoms with Gasteiger partial charge in [0, 0.05) is 13.3 Å². The van der Waals surface area contributed by atoms with Crippen LogP contribution in [0.2, 0.25) is 0 Å². The Morgan fingerprint density at radius 2 is 0.712 bits per heavy atom. The molecular weight excluding hydrogens is 1360 g/mol. The summed E-state index contributed by atoms with van der Waals surface area (Å²) in [7, 11) is 0. The van der Waals surface area contributed by atoms with Gasteiger partial charge in [0.25, 0.3) is 0 Å². The van der Waals surface area contributed by atoms with Gasteiger partial charge in [-0.25, -0.2) is 0 Å². The van der Waals surface area contributed by atoms with Crippen molar-refractivity contribution in [1.82, 2.24) is 10.6 Å². The van der Waals surface area contributed by atoms with Gasteiger partial charge in [-0.15, -0.1) is 0 Å². The highest BCUT2D eigenvalue weighted by Gasteiger charge is 2.57. The second-order valence-corrected chi connectivity index (χ2v) is 29.2. The number of unbranched alkanes of at least 4 members (excludes halogenated alkanes) is 31. The zero-order valence-electron chi connectivity index (χ0n) is 62.1. The molecular formula is C74H136N2O28. The summed E-state index contributed by atoms with van der Waals surface area (Å²) in [6.07, 6.45) is -3.14. The molecule has 5 saturated heterocycles. The summed E-state index contributed by atoms with van der Waals surface area (Å²) in [5, 5.41) is 182. The van der Waals surface area contributed by atoms with Crippen molar-refractivity contribution >= 4 is 11.8 Å². The van der Waals surface area contributed by atoms with E-state index in [2.05, 4.69) is 24.5 Å². The van der Waals surface area contributed by atoms with Crippen molar-refractivity contribution in [3.63, 3.8) is 0 Å². The first kappa shape index (κ1) is 92.2. The molecule has 5 aliphatic heterocycles. The monoisotopic (exact) mass is 1500 g/mol. The highest BCUT2D eigenvalue weighted by molar-refractivity contribution is 5.76. The van der Waals surface area contributed by atoms with Gasteiger partial charge in [-0.05, 0) is 19.3 Å². The number of nitrogens with one attached hydrogen (secondary N) is 2. The third kappa shape index (κ3) is 30.4. The highest BCUT2D eigenvalue weighted by Crippen LogP contribution is 2.37. The Labute approximate surface area is 615 Å². The van der Waals surface area contributed by atoms with E-state index < -0.39 is 211 Å². The van der Waals surface area contributed by atoms with Crippen molar-refractivity contribution < 1.29 is 139 Å². The minimum absolute atomic E-state index is 0.193. The number of rotatable bonds is 54. The van der Waals surface area contributed by atoms with Crippen molar-refractivity contribution in [2.75, 3.05) is 39.6 Å². The Morgan fingerprint density at radius 1 is 0.375 bits per heavy atom. The molecule has 0 saturated carbocycles. The first-order valence-electron chi connectivity index (χ1n) is 39.5. The average molecular weight is 1500 g/mol. The van der Waals surface area contributed by atoms with Crippen LogP contribution < -0.4 is 10.6 Å². The number of amides is 2. The molecule has 30 nitrogen and oxygen atoms in total. The molecule has 0 aromatic carbocycles. The lowest BCUT2D eigenvalue weighted by Gasteiger charge is -2.50. The number of aliphatic hydroxyl groups excluding tert-OH is 16. The van der Waals surface area contributed by atoms with Crippen molar-refractivity contribution in [1.29, 1.82) is 0 Å². The van der Waals surface area contributed by atoms with Gasteiger partial charge in [-0.3, -0.25) is 9.59 Å². The zero-order valence-corrected chi connectivity index (χ0v) is 62.1. The van der Waals surface area contributed by atoms with Crippen LogP contribution in [0.25, 0.3) is 0 Å². The molecule has 2 amide bonds. The second-order valence-electron chi connectivity index (χ2n) is 29.2. The van der Waals surface area contributed by atoms with Gasteiger partial charge in [0.05, 0.1) is 51.8 Å². The van der Waals surface area contributed by atoms with E-state index in [9.17, 15) is 91.3 Å². The van der Waals surface area contributed by atoms with E-state index >= 15 is 0 Å². The molecule has 0 bridgehead atoms. The zero-order chi connectivity index (χ0) is 75.9. The molecule has 0 aromatic heterocycles. The Kier molecular flexibility index (Phi) is 46.1. The van der Waals surface area contributed by atoms with Crippen LogP contribution in [0.3, 0.4) is 0 Å². The van der Waals surface area contributed by atoms with Gasteiger partial charge in [-0.2, -0.15) is 0 Å². The van der Waals surface area contributed by atoms with Crippen LogP contribution in [0.15, 0.2) is 12.2 Å². The summed E-state index contributed by atoms with van der Waals surface area (Å²) >= 11 is 0. The van der Waals surface area contributed by atoms with Gasteiger partial charge in [0.1, 0.15) is 122 Å². The Hall–Kier alpha value is -2.36. The standard InChI is InChI=1S/C74H136N2O28/c1-4-6-8-10-12-14-16-18-19-20-21-22-23-24-25-27-29-31-33-35-37-39-54(84)76-47(48(83)38-36-34-32-30-28-26-17-15-13-11-9-7-5-2)45-95-71-63(92)61(90)67(53(44-81)100-71)102-73-65(94)69(58(87)51(42-79)97-73)104-74-64(93)68(57(86)50(41-78)98-74)103-70-55(75-46(3)82)59(88)66(52(43-80)99-70)101-72-62(91)60(89)56(85)49(40-77)96-72/h36,38,47-53,55-74,77-81,83,85-94H,4-35,37,39-45H2,1-3H3,(H,75,82)(H,76,84)/b38-36+/t47-,48+,49?,50?,51?,52?,53?,55?,56-,57-,58-,59+,60-,61+,62?,63?,64?,65?,66+,67+,68-,69-,70-,71+,72-,73-,74+/m0/s1. The SMILES string of the molecule is CCCCCCCCCCCCC/C=C/[C@@H](O)[C@H](CO[C@@H]1OC(CO)[C@@H](O[C@@H]2OC(CO)[C@H](O)[C@H](O[C@H]3OC(CO)[C@H](O)[C@H](O[C@@H]4OC(CO)[C@@H](O[C@@H]5OC(CO)[C@H](O)[C@H](O)C5O)[C@H](O)C4NC(C)=O)C3O)C2O)[C@H](O)C1O)NC(=O)CCCCCCCCCCCCCCCCCCCCCCC. The van der Waals surface area contributed by atoms with Crippen LogP contribution >= 0.6 is 0 Å². The molecule has 18 N–H and O–H groups in total. The van der Waals surface area contributed by atoms with E-state index in [1.165, 1.54) is 148 Å². The Bertz CT molecular complexity index is 2250. The summed E-state index contributed by atoms with van der Waals surface area (Å²) < 4.78 is 58.4. The number of carbonyl (C=O) groups is 2. The maximum atomic E-state index is 13.5. The molecule has 0 spiro atoms. The molecule has 5 rings (SSSR count). The maximum Gasteiger partial charge on any atom is 0.220 e. The van der Waals surface area contributed by atoms with Crippen LogP contribution in [0.5, 0.6) is 0 Å². The van der Waals surface area contributed by atoms with Crippen LogP contribution in [-0.2, 0) is 57.0 Å². The molecule has 10 unspecified atom stereocenters. The van der Waals surface area contributed by atoms with Gasteiger partial charge in [0.15, 0.2) is 31.5 Å². The number of hydrogen-bond acceptors (Lipinski definition) is 28. The van der Waals surface area contributed by atoms with Gasteiger partial charge in [0.2, 0.25) is 11.8 Å². The third-order valence-electron chi connectivity index (χ3n) is 20.7. The topological polar surface area (TPSA) is 474 Å². The van der Waals surface area contributed by atoms with Crippen LogP contribution in [0.4, 0.5) is 0 Å². The summed E-state index contributed by atoms with van der Waals surface area (Å²) in [5.41, 5.74) is 0. The van der Waals surface area contributed by atoms with Crippen LogP contribution in [-0.4, -0.2) is 299 Å².